The summed E-state index contributed by atoms with van der Waals surface area (Å²) >= 11 is 0. The van der Waals surface area contributed by atoms with Crippen LogP contribution >= 0.6 is 0 Å². The molecule has 1 fully saturated rings. The Morgan fingerprint density at radius 2 is 1.54 bits per heavy atom. The van der Waals surface area contributed by atoms with Gasteiger partial charge in [-0.2, -0.15) is 8.61 Å². The van der Waals surface area contributed by atoms with Crippen molar-refractivity contribution in [2.45, 2.75) is 56.0 Å². The lowest BCUT2D eigenvalue weighted by Crippen LogP contribution is -2.40. The molecular weight excluding hydrogens is 562 g/mol. The number of carbonyl (C=O) groups is 1. The number of hydrogen-bond acceptors (Lipinski definition) is 6. The van der Waals surface area contributed by atoms with Gasteiger partial charge in [0.25, 0.3) is 0 Å². The van der Waals surface area contributed by atoms with Crippen molar-refractivity contribution in [1.82, 2.24) is 13.9 Å². The topological polar surface area (TPSA) is 113 Å². The van der Waals surface area contributed by atoms with E-state index in [4.69, 9.17) is 4.74 Å². The van der Waals surface area contributed by atoms with Crippen molar-refractivity contribution >= 4 is 26.0 Å². The molecule has 0 atom stereocenters. The summed E-state index contributed by atoms with van der Waals surface area (Å²) < 4.78 is 61.4. The van der Waals surface area contributed by atoms with Gasteiger partial charge in [-0.05, 0) is 73.7 Å². The molecule has 1 N–H and O–H groups in total. The van der Waals surface area contributed by atoms with E-state index < -0.39 is 26.0 Å². The van der Waals surface area contributed by atoms with Gasteiger partial charge in [0, 0.05) is 26.2 Å². The van der Waals surface area contributed by atoms with Crippen LogP contribution in [0.1, 0.15) is 42.9 Å². The van der Waals surface area contributed by atoms with E-state index in [9.17, 15) is 21.6 Å². The summed E-state index contributed by atoms with van der Waals surface area (Å²) in [6.07, 6.45) is 2.76. The lowest BCUT2D eigenvalue weighted by molar-refractivity contribution is -0.121. The number of nitrogens with zero attached hydrogens (tertiary/aromatic N) is 2. The molecule has 9 nitrogen and oxygen atoms in total. The van der Waals surface area contributed by atoms with E-state index in [-0.39, 0.29) is 29.4 Å². The summed E-state index contributed by atoms with van der Waals surface area (Å²) in [5.41, 5.74) is 2.13. The van der Waals surface area contributed by atoms with Crippen LogP contribution in [-0.4, -0.2) is 57.6 Å². The van der Waals surface area contributed by atoms with E-state index in [2.05, 4.69) is 5.32 Å². The molecular formula is C30H37N3O6S2. The highest BCUT2D eigenvalue weighted by atomic mass is 32.2. The summed E-state index contributed by atoms with van der Waals surface area (Å²) in [5, 5.41) is 2.77. The first-order valence-electron chi connectivity index (χ1n) is 13.7. The Hall–Kier alpha value is -3.25. The summed E-state index contributed by atoms with van der Waals surface area (Å²) in [4.78, 5) is 13.3. The predicted molar refractivity (Wildman–Crippen MR) is 157 cm³/mol. The summed E-state index contributed by atoms with van der Waals surface area (Å²) in [6.45, 7) is 4.92. The Labute approximate surface area is 243 Å². The van der Waals surface area contributed by atoms with Crippen molar-refractivity contribution < 1.29 is 26.4 Å². The maximum Gasteiger partial charge on any atom is 0.243 e. The zero-order chi connectivity index (χ0) is 29.5. The molecule has 3 aromatic carbocycles. The molecule has 4 rings (SSSR count). The van der Waals surface area contributed by atoms with Crippen molar-refractivity contribution in [1.29, 1.82) is 0 Å². The zero-order valence-corrected chi connectivity index (χ0v) is 25.1. The third-order valence-electron chi connectivity index (χ3n) is 6.97. The number of amides is 1. The van der Waals surface area contributed by atoms with Gasteiger partial charge in [-0.25, -0.2) is 16.8 Å². The maximum atomic E-state index is 13.7. The molecule has 41 heavy (non-hydrogen) atoms. The number of rotatable bonds is 12. The predicted octanol–water partition coefficient (Wildman–Crippen LogP) is 4.08. The van der Waals surface area contributed by atoms with Gasteiger partial charge < -0.3 is 10.1 Å². The highest BCUT2D eigenvalue weighted by Crippen LogP contribution is 2.25. The Morgan fingerprint density at radius 3 is 2.17 bits per heavy atom. The second kappa shape index (κ2) is 13.6. The van der Waals surface area contributed by atoms with Crippen molar-refractivity contribution in [3.8, 4) is 5.75 Å². The van der Waals surface area contributed by atoms with Crippen LogP contribution in [0, 0.1) is 6.92 Å². The fourth-order valence-corrected chi connectivity index (χ4v) is 7.70. The highest BCUT2D eigenvalue weighted by molar-refractivity contribution is 7.89. The van der Waals surface area contributed by atoms with Gasteiger partial charge in [0.2, 0.25) is 26.0 Å². The Bertz CT molecular complexity index is 1540. The Kier molecular flexibility index (Phi) is 10.2. The number of hydrogen-bond donors (Lipinski definition) is 1. The number of ether oxygens (including phenoxy) is 1. The summed E-state index contributed by atoms with van der Waals surface area (Å²) in [5.74, 6) is 0.130. The van der Waals surface area contributed by atoms with Crippen molar-refractivity contribution in [3.63, 3.8) is 0 Å². The number of nitrogens with one attached hydrogen (secondary N) is 1. The quantitative estimate of drug-likeness (QED) is 0.336. The summed E-state index contributed by atoms with van der Waals surface area (Å²) in [6, 6.07) is 20.2. The first-order chi connectivity index (χ1) is 19.6. The van der Waals surface area contributed by atoms with E-state index in [0.29, 0.717) is 36.6 Å². The molecule has 0 bridgehead atoms. The molecule has 0 radical (unpaired) electrons. The van der Waals surface area contributed by atoms with Crippen LogP contribution in [0.2, 0.25) is 0 Å². The molecule has 0 spiro atoms. The normalized spacial score (nSPS) is 14.6. The molecule has 1 aliphatic rings. The van der Waals surface area contributed by atoms with Gasteiger partial charge in [-0.15, -0.1) is 0 Å². The SMILES string of the molecule is CCOc1ccc(S(=O)(=O)N(CC(=O)NCc2ccc(S(=O)(=O)N3CCCCC3)cc2)Cc2ccccc2)cc1C. The first-order valence-corrected chi connectivity index (χ1v) is 16.6. The van der Waals surface area contributed by atoms with Crippen LogP contribution in [0.15, 0.2) is 82.6 Å². The first kappa shape index (κ1) is 30.7. The minimum atomic E-state index is -4.02. The molecule has 11 heteroatoms. The van der Waals surface area contributed by atoms with Crippen molar-refractivity contribution in [3.05, 3.63) is 89.5 Å². The second-order valence-corrected chi connectivity index (χ2v) is 13.9. The van der Waals surface area contributed by atoms with Gasteiger partial charge in [0.15, 0.2) is 0 Å². The lowest BCUT2D eigenvalue weighted by atomic mass is 10.2. The fraction of sp³-hybridized carbons (Fsp3) is 0.367. The molecule has 1 heterocycles. The average molecular weight is 600 g/mol. The van der Waals surface area contributed by atoms with Crippen molar-refractivity contribution in [2.24, 2.45) is 0 Å². The number of carbonyl (C=O) groups excluding carboxylic acids is 1. The number of sulfonamides is 2. The van der Waals surface area contributed by atoms with E-state index >= 15 is 0 Å². The molecule has 1 amide bonds. The summed E-state index contributed by atoms with van der Waals surface area (Å²) in [7, 11) is -7.56. The van der Waals surface area contributed by atoms with E-state index in [0.717, 1.165) is 29.1 Å². The van der Waals surface area contributed by atoms with Crippen LogP contribution in [0.3, 0.4) is 0 Å². The standard InChI is InChI=1S/C30H37N3O6S2/c1-3-39-29-17-16-28(20-24(29)2)41(37,38)33(22-26-10-6-4-7-11-26)23-30(34)31-21-25-12-14-27(15-13-25)40(35,36)32-18-8-5-9-19-32/h4,6-7,10-17,20H,3,5,8-9,18-19,21-23H2,1-2H3,(H,31,34). The fourth-order valence-electron chi connectivity index (χ4n) is 4.71. The number of piperidine rings is 1. The average Bonchev–Trinajstić information content (AvgIpc) is 2.98. The maximum absolute atomic E-state index is 13.7. The molecule has 1 aliphatic heterocycles. The lowest BCUT2D eigenvalue weighted by Gasteiger charge is -2.25. The monoisotopic (exact) mass is 599 g/mol. The number of aryl methyl sites for hydroxylation is 1. The van der Waals surface area contributed by atoms with E-state index in [1.807, 2.05) is 37.3 Å². The minimum Gasteiger partial charge on any atom is -0.494 e. The number of benzene rings is 3. The van der Waals surface area contributed by atoms with Crippen LogP contribution < -0.4 is 10.1 Å². The van der Waals surface area contributed by atoms with Gasteiger partial charge in [0.05, 0.1) is 22.9 Å². The third kappa shape index (κ3) is 7.73. The molecule has 220 valence electrons. The van der Waals surface area contributed by atoms with Gasteiger partial charge in [0.1, 0.15) is 5.75 Å². The van der Waals surface area contributed by atoms with Gasteiger partial charge in [-0.1, -0.05) is 48.9 Å². The van der Waals surface area contributed by atoms with Gasteiger partial charge in [-0.3, -0.25) is 4.79 Å². The zero-order valence-electron chi connectivity index (χ0n) is 23.5. The molecule has 3 aromatic rings. The van der Waals surface area contributed by atoms with Crippen LogP contribution in [-0.2, 0) is 37.9 Å². The highest BCUT2D eigenvalue weighted by Gasteiger charge is 2.28. The largest absolute Gasteiger partial charge is 0.494 e. The van der Waals surface area contributed by atoms with Crippen LogP contribution in [0.5, 0.6) is 5.75 Å². The Morgan fingerprint density at radius 1 is 0.878 bits per heavy atom. The smallest absolute Gasteiger partial charge is 0.243 e. The third-order valence-corrected chi connectivity index (χ3v) is 10.7. The van der Waals surface area contributed by atoms with Crippen LogP contribution in [0.25, 0.3) is 0 Å². The molecule has 0 unspecified atom stereocenters. The molecule has 0 aromatic heterocycles. The second-order valence-electron chi connectivity index (χ2n) is 10.0. The molecule has 0 saturated carbocycles. The van der Waals surface area contributed by atoms with Gasteiger partial charge >= 0.3 is 0 Å². The van der Waals surface area contributed by atoms with E-state index in [1.54, 1.807) is 43.3 Å². The minimum absolute atomic E-state index is 0.0198. The van der Waals surface area contributed by atoms with Crippen LogP contribution in [0.4, 0.5) is 0 Å². The Balaban J connectivity index is 1.46. The molecule has 1 saturated heterocycles. The van der Waals surface area contributed by atoms with Crippen molar-refractivity contribution in [2.75, 3.05) is 26.2 Å². The molecule has 0 aliphatic carbocycles. The van der Waals surface area contributed by atoms with E-state index in [1.165, 1.54) is 10.4 Å².